The van der Waals surface area contributed by atoms with Crippen LogP contribution in [0.15, 0.2) is 24.7 Å². The summed E-state index contributed by atoms with van der Waals surface area (Å²) in [6.07, 6.45) is -1.13. The number of pyridine rings is 1. The van der Waals surface area contributed by atoms with Crippen molar-refractivity contribution in [2.24, 2.45) is 0 Å². The molecule has 1 saturated heterocycles. The summed E-state index contributed by atoms with van der Waals surface area (Å²) < 4.78 is 20.0. The Kier molecular flexibility index (Phi) is 6.42. The number of amides is 2. The largest absolute Gasteiger partial charge is 0.387 e. The van der Waals surface area contributed by atoms with Gasteiger partial charge >= 0.3 is 0 Å². The Hall–Kier alpha value is -4.19. The van der Waals surface area contributed by atoms with Crippen LogP contribution in [0.4, 0.5) is 10.2 Å². The fourth-order valence-electron chi connectivity index (χ4n) is 3.83. The van der Waals surface area contributed by atoms with Crippen LogP contribution >= 0.6 is 0 Å². The number of ether oxygens (including phenoxy) is 1. The van der Waals surface area contributed by atoms with Crippen molar-refractivity contribution in [3.05, 3.63) is 42.0 Å². The van der Waals surface area contributed by atoms with Gasteiger partial charge in [-0.25, -0.2) is 19.9 Å². The Morgan fingerprint density at radius 2 is 2.05 bits per heavy atom. The van der Waals surface area contributed by atoms with Crippen molar-refractivity contribution in [2.75, 3.05) is 19.3 Å². The van der Waals surface area contributed by atoms with Gasteiger partial charge in [-0.2, -0.15) is 4.39 Å². The highest BCUT2D eigenvalue weighted by Gasteiger charge is 2.48. The summed E-state index contributed by atoms with van der Waals surface area (Å²) in [6, 6.07) is 2.47. The van der Waals surface area contributed by atoms with E-state index >= 15 is 0 Å². The predicted molar refractivity (Wildman–Crippen MR) is 125 cm³/mol. The summed E-state index contributed by atoms with van der Waals surface area (Å²) in [5.41, 5.74) is 6.63. The van der Waals surface area contributed by atoms with Gasteiger partial charge in [0.2, 0.25) is 11.8 Å². The molecule has 2 fully saturated rings. The lowest BCUT2D eigenvalue weighted by molar-refractivity contribution is -0.137. The van der Waals surface area contributed by atoms with E-state index in [0.717, 1.165) is 25.1 Å². The lowest BCUT2D eigenvalue weighted by atomic mass is 10.1. The van der Waals surface area contributed by atoms with Crippen LogP contribution in [-0.4, -0.2) is 89.4 Å². The van der Waals surface area contributed by atoms with E-state index in [1.807, 2.05) is 0 Å². The van der Waals surface area contributed by atoms with Crippen LogP contribution < -0.4 is 11.1 Å². The zero-order chi connectivity index (χ0) is 26.3. The molecule has 3 aromatic heterocycles. The van der Waals surface area contributed by atoms with Gasteiger partial charge in [-0.15, -0.1) is 0 Å². The van der Waals surface area contributed by atoms with Crippen LogP contribution in [0.3, 0.4) is 0 Å². The van der Waals surface area contributed by atoms with Gasteiger partial charge < -0.3 is 30.9 Å². The van der Waals surface area contributed by atoms with Crippen LogP contribution in [0.1, 0.15) is 35.3 Å². The molecule has 5 rings (SSSR count). The fraction of sp³-hybridized carbons (Fsp3) is 0.391. The SMILES string of the molecule is CN(CC#Cc1nc(N)c2ncn([C@@H]3O[C@H](C(=O)NC4CC4)[C@@H](O)[C@H]3O)c2n1)C(=O)c1ccc(F)nc1. The highest BCUT2D eigenvalue weighted by Crippen LogP contribution is 2.33. The Balaban J connectivity index is 1.34. The van der Waals surface area contributed by atoms with Gasteiger partial charge in [-0.3, -0.25) is 14.2 Å². The average molecular weight is 510 g/mol. The van der Waals surface area contributed by atoms with E-state index in [0.29, 0.717) is 0 Å². The molecule has 2 aliphatic rings. The summed E-state index contributed by atoms with van der Waals surface area (Å²) >= 11 is 0. The molecule has 5 N–H and O–H groups in total. The molecule has 1 aliphatic heterocycles. The number of nitrogens with zero attached hydrogens (tertiary/aromatic N) is 6. The number of carbonyl (C=O) groups excluding carboxylic acids is 2. The van der Waals surface area contributed by atoms with E-state index in [4.69, 9.17) is 10.5 Å². The van der Waals surface area contributed by atoms with E-state index in [1.165, 1.54) is 28.9 Å². The number of carbonyl (C=O) groups is 2. The zero-order valence-corrected chi connectivity index (χ0v) is 19.6. The number of imidazole rings is 1. The molecule has 4 heterocycles. The molecule has 0 radical (unpaired) electrons. The molecule has 0 spiro atoms. The van der Waals surface area contributed by atoms with E-state index in [9.17, 15) is 24.2 Å². The summed E-state index contributed by atoms with van der Waals surface area (Å²) in [4.78, 5) is 42.2. The van der Waals surface area contributed by atoms with Gasteiger partial charge in [0, 0.05) is 19.3 Å². The molecule has 4 atom stereocenters. The molecular formula is C23H23FN8O5. The van der Waals surface area contributed by atoms with Crippen molar-refractivity contribution in [3.63, 3.8) is 0 Å². The van der Waals surface area contributed by atoms with Gasteiger partial charge in [0.05, 0.1) is 18.4 Å². The average Bonchev–Trinajstić information content (AvgIpc) is 3.51. The topological polar surface area (TPSA) is 182 Å². The quantitative estimate of drug-likeness (QED) is 0.245. The number of aliphatic hydroxyl groups excluding tert-OH is 2. The maximum Gasteiger partial charge on any atom is 0.255 e. The molecule has 1 aliphatic carbocycles. The number of nitrogens with two attached hydrogens (primary N) is 1. The van der Waals surface area contributed by atoms with Crippen LogP contribution in [0.2, 0.25) is 0 Å². The van der Waals surface area contributed by atoms with Gasteiger partial charge in [-0.1, -0.05) is 5.92 Å². The zero-order valence-electron chi connectivity index (χ0n) is 19.6. The number of hydrogen-bond acceptors (Lipinski definition) is 10. The number of nitrogen functional groups attached to an aromatic ring is 1. The Bertz CT molecular complexity index is 1410. The number of fused-ring (bicyclic) bond motifs is 1. The molecule has 3 aromatic rings. The van der Waals surface area contributed by atoms with Gasteiger partial charge in [0.1, 0.15) is 17.7 Å². The van der Waals surface area contributed by atoms with Crippen molar-refractivity contribution >= 4 is 28.8 Å². The summed E-state index contributed by atoms with van der Waals surface area (Å²) in [5, 5.41) is 23.8. The molecule has 0 aromatic carbocycles. The molecule has 37 heavy (non-hydrogen) atoms. The number of aromatic nitrogens is 5. The molecule has 14 heteroatoms. The first-order chi connectivity index (χ1) is 17.7. The fourth-order valence-corrected chi connectivity index (χ4v) is 3.83. The normalized spacial score (nSPS) is 22.9. The van der Waals surface area contributed by atoms with Crippen LogP contribution in [0.25, 0.3) is 11.2 Å². The van der Waals surface area contributed by atoms with Crippen molar-refractivity contribution in [2.45, 2.75) is 43.4 Å². The summed E-state index contributed by atoms with van der Waals surface area (Å²) in [5.74, 6) is 3.95. The first-order valence-corrected chi connectivity index (χ1v) is 11.4. The second-order valence-electron chi connectivity index (χ2n) is 8.80. The first kappa shape index (κ1) is 24.5. The Morgan fingerprint density at radius 1 is 1.27 bits per heavy atom. The van der Waals surface area contributed by atoms with Crippen molar-refractivity contribution in [3.8, 4) is 11.8 Å². The van der Waals surface area contributed by atoms with Crippen LogP contribution in [0, 0.1) is 17.8 Å². The predicted octanol–water partition coefficient (Wildman–Crippen LogP) is -1.04. The smallest absolute Gasteiger partial charge is 0.255 e. The minimum atomic E-state index is -1.45. The number of aliphatic hydroxyl groups is 2. The number of anilines is 1. The van der Waals surface area contributed by atoms with Crippen molar-refractivity contribution < 1.29 is 28.9 Å². The highest BCUT2D eigenvalue weighted by molar-refractivity contribution is 5.93. The number of hydrogen-bond donors (Lipinski definition) is 4. The minimum absolute atomic E-state index is 0.00516. The summed E-state index contributed by atoms with van der Waals surface area (Å²) in [7, 11) is 1.52. The lowest BCUT2D eigenvalue weighted by Crippen LogP contribution is -2.43. The Labute approximate surface area is 209 Å². The number of nitrogens with one attached hydrogen (secondary N) is 1. The second kappa shape index (κ2) is 9.69. The maximum absolute atomic E-state index is 13.0. The first-order valence-electron chi connectivity index (χ1n) is 11.4. The number of halogens is 1. The Morgan fingerprint density at radius 3 is 2.76 bits per heavy atom. The molecule has 0 bridgehead atoms. The molecule has 0 unspecified atom stereocenters. The van der Waals surface area contributed by atoms with Crippen LogP contribution in [-0.2, 0) is 9.53 Å². The van der Waals surface area contributed by atoms with Gasteiger partial charge in [0.15, 0.2) is 23.8 Å². The van der Waals surface area contributed by atoms with E-state index < -0.39 is 42.3 Å². The highest BCUT2D eigenvalue weighted by atomic mass is 19.1. The second-order valence-corrected chi connectivity index (χ2v) is 8.80. The van der Waals surface area contributed by atoms with Gasteiger partial charge in [-0.05, 0) is 30.9 Å². The molecule has 2 amide bonds. The monoisotopic (exact) mass is 510 g/mol. The molecular weight excluding hydrogens is 487 g/mol. The number of rotatable bonds is 5. The van der Waals surface area contributed by atoms with Crippen LogP contribution in [0.5, 0.6) is 0 Å². The van der Waals surface area contributed by atoms with Crippen molar-refractivity contribution in [1.82, 2.24) is 34.7 Å². The molecule has 13 nitrogen and oxygen atoms in total. The summed E-state index contributed by atoms with van der Waals surface area (Å²) in [6.45, 7) is 0.00516. The van der Waals surface area contributed by atoms with E-state index in [2.05, 4.69) is 37.1 Å². The molecule has 1 saturated carbocycles. The molecule has 192 valence electrons. The lowest BCUT2D eigenvalue weighted by Gasteiger charge is -2.16. The standard InChI is InChI=1S/C23H23FN8O5/c1-31(22(36)11-4-7-13(24)26-9-11)8-2-3-14-29-19(25)15-20(30-14)32(10-27-15)23-17(34)16(33)18(37-23)21(35)28-12-5-6-12/h4,7,9-10,12,16-18,23,33-34H,5-6,8H2,1H3,(H,28,35)(H2,25,29,30)/t16-,17+,18-,23+/m0/s1. The van der Waals surface area contributed by atoms with E-state index in [1.54, 1.807) is 0 Å². The van der Waals surface area contributed by atoms with Gasteiger partial charge in [0.25, 0.3) is 11.8 Å². The minimum Gasteiger partial charge on any atom is -0.387 e. The van der Waals surface area contributed by atoms with Crippen molar-refractivity contribution in [1.29, 1.82) is 0 Å². The third-order valence-electron chi connectivity index (χ3n) is 5.98. The maximum atomic E-state index is 13.0. The van der Waals surface area contributed by atoms with E-state index in [-0.39, 0.29) is 41.0 Å². The third-order valence-corrected chi connectivity index (χ3v) is 5.98. The third kappa shape index (κ3) is 4.92.